The summed E-state index contributed by atoms with van der Waals surface area (Å²) in [5, 5.41) is 0. The van der Waals surface area contributed by atoms with E-state index in [4.69, 9.17) is 4.74 Å². The molecular weight excluding hydrogens is 302 g/mol. The summed E-state index contributed by atoms with van der Waals surface area (Å²) in [6, 6.07) is 9.84. The fraction of sp³-hybridized carbons (Fsp3) is 0.600. The van der Waals surface area contributed by atoms with Gasteiger partial charge < -0.3 is 9.64 Å². The molecule has 1 aromatic rings. The number of nitrogens with zero attached hydrogens (tertiary/aromatic N) is 1. The maximum atomic E-state index is 12.7. The van der Waals surface area contributed by atoms with Crippen LogP contribution >= 0.6 is 0 Å². The van der Waals surface area contributed by atoms with E-state index in [0.29, 0.717) is 18.3 Å². The summed E-state index contributed by atoms with van der Waals surface area (Å²) in [6.07, 6.45) is 5.89. The zero-order chi connectivity index (χ0) is 16.9. The van der Waals surface area contributed by atoms with Gasteiger partial charge in [-0.15, -0.1) is 0 Å². The Bertz CT molecular complexity index is 558. The third-order valence-corrected chi connectivity index (χ3v) is 5.61. The quantitative estimate of drug-likeness (QED) is 0.780. The summed E-state index contributed by atoms with van der Waals surface area (Å²) in [6.45, 7) is 1.76. The van der Waals surface area contributed by atoms with Gasteiger partial charge in [0.05, 0.1) is 13.0 Å². The van der Waals surface area contributed by atoms with E-state index in [1.54, 1.807) is 0 Å². The topological polar surface area (TPSA) is 46.6 Å². The van der Waals surface area contributed by atoms with Gasteiger partial charge in [-0.3, -0.25) is 9.59 Å². The van der Waals surface area contributed by atoms with Crippen LogP contribution in [0.25, 0.3) is 0 Å². The molecular formula is C20H27NO3. The predicted molar refractivity (Wildman–Crippen MR) is 92.3 cm³/mol. The molecule has 4 nitrogen and oxygen atoms in total. The highest BCUT2D eigenvalue weighted by Gasteiger charge is 2.37. The van der Waals surface area contributed by atoms with Gasteiger partial charge in [0.25, 0.3) is 0 Å². The molecule has 0 radical (unpaired) electrons. The molecule has 3 atom stereocenters. The number of esters is 1. The predicted octanol–water partition coefficient (Wildman–Crippen LogP) is 3.06. The van der Waals surface area contributed by atoms with Gasteiger partial charge in [0.2, 0.25) is 5.91 Å². The number of hydrogen-bond donors (Lipinski definition) is 0. The second kappa shape index (κ2) is 7.82. The fourth-order valence-corrected chi connectivity index (χ4v) is 4.25. The maximum absolute atomic E-state index is 12.7. The number of amides is 1. The molecule has 2 fully saturated rings. The number of methoxy groups -OCH3 is 1. The first-order valence-corrected chi connectivity index (χ1v) is 9.07. The summed E-state index contributed by atoms with van der Waals surface area (Å²) in [4.78, 5) is 26.8. The zero-order valence-electron chi connectivity index (χ0n) is 14.4. The summed E-state index contributed by atoms with van der Waals surface area (Å²) in [5.41, 5.74) is 1.07. The smallest absolute Gasteiger partial charge is 0.309 e. The SMILES string of the molecule is COC(=O)C(CC(=O)N1C[C@H]2CCCC[C@H]2C1)Cc1ccccc1. The highest BCUT2D eigenvalue weighted by molar-refractivity contribution is 5.83. The molecule has 1 saturated heterocycles. The molecule has 1 aromatic carbocycles. The Kier molecular flexibility index (Phi) is 5.54. The van der Waals surface area contributed by atoms with Gasteiger partial charge in [-0.2, -0.15) is 0 Å². The maximum Gasteiger partial charge on any atom is 0.309 e. The molecule has 0 N–H and O–H groups in total. The molecule has 0 bridgehead atoms. The molecule has 4 heteroatoms. The number of rotatable bonds is 5. The first-order chi connectivity index (χ1) is 11.7. The number of fused-ring (bicyclic) bond motifs is 1. The molecule has 3 rings (SSSR count). The van der Waals surface area contributed by atoms with Gasteiger partial charge in [0.1, 0.15) is 0 Å². The Morgan fingerprint density at radius 2 is 1.75 bits per heavy atom. The molecule has 0 spiro atoms. The standard InChI is InChI=1S/C20H27NO3/c1-24-20(23)18(11-15-7-3-2-4-8-15)12-19(22)21-13-16-9-5-6-10-17(16)14-21/h2-4,7-8,16-18H,5-6,9-14H2,1H3/t16-,17+,18?. The Morgan fingerprint density at radius 3 is 2.33 bits per heavy atom. The van der Waals surface area contributed by atoms with Crippen molar-refractivity contribution in [1.29, 1.82) is 0 Å². The van der Waals surface area contributed by atoms with Crippen molar-refractivity contribution < 1.29 is 14.3 Å². The van der Waals surface area contributed by atoms with Crippen LogP contribution in [0.4, 0.5) is 0 Å². The van der Waals surface area contributed by atoms with E-state index in [9.17, 15) is 9.59 Å². The Hall–Kier alpha value is -1.84. The molecule has 1 amide bonds. The molecule has 1 unspecified atom stereocenters. The molecule has 1 saturated carbocycles. The summed E-state index contributed by atoms with van der Waals surface area (Å²) < 4.78 is 4.93. The van der Waals surface area contributed by atoms with Crippen LogP contribution in [-0.4, -0.2) is 37.0 Å². The van der Waals surface area contributed by atoms with Crippen LogP contribution in [0.1, 0.15) is 37.7 Å². The highest BCUT2D eigenvalue weighted by atomic mass is 16.5. The van der Waals surface area contributed by atoms with Crippen molar-refractivity contribution in [2.75, 3.05) is 20.2 Å². The van der Waals surface area contributed by atoms with E-state index in [1.807, 2.05) is 35.2 Å². The van der Waals surface area contributed by atoms with Crippen molar-refractivity contribution in [2.24, 2.45) is 17.8 Å². The van der Waals surface area contributed by atoms with Crippen LogP contribution in [0, 0.1) is 17.8 Å². The molecule has 0 aromatic heterocycles. The van der Waals surface area contributed by atoms with Gasteiger partial charge >= 0.3 is 5.97 Å². The van der Waals surface area contributed by atoms with Crippen LogP contribution < -0.4 is 0 Å². The second-order valence-electron chi connectivity index (χ2n) is 7.22. The molecule has 1 heterocycles. The lowest BCUT2D eigenvalue weighted by Gasteiger charge is -2.22. The number of benzene rings is 1. The number of ether oxygens (including phenoxy) is 1. The number of carbonyl (C=O) groups excluding carboxylic acids is 2. The van der Waals surface area contributed by atoms with Crippen molar-refractivity contribution >= 4 is 11.9 Å². The van der Waals surface area contributed by atoms with E-state index in [0.717, 1.165) is 18.7 Å². The van der Waals surface area contributed by atoms with Crippen molar-refractivity contribution in [1.82, 2.24) is 4.90 Å². The first kappa shape index (κ1) is 17.0. The largest absolute Gasteiger partial charge is 0.469 e. The average molecular weight is 329 g/mol. The Labute approximate surface area is 144 Å². The Balaban J connectivity index is 1.62. The van der Waals surface area contributed by atoms with Crippen molar-refractivity contribution in [3.05, 3.63) is 35.9 Å². The first-order valence-electron chi connectivity index (χ1n) is 9.07. The van der Waals surface area contributed by atoms with Gasteiger partial charge in [0, 0.05) is 19.5 Å². The number of hydrogen-bond acceptors (Lipinski definition) is 3. The van der Waals surface area contributed by atoms with Crippen molar-refractivity contribution in [3.8, 4) is 0 Å². The van der Waals surface area contributed by atoms with E-state index in [2.05, 4.69) is 0 Å². The van der Waals surface area contributed by atoms with Gasteiger partial charge in [0.15, 0.2) is 0 Å². The normalized spacial score (nSPS) is 24.3. The number of carbonyl (C=O) groups is 2. The fourth-order valence-electron chi connectivity index (χ4n) is 4.25. The van der Waals surface area contributed by atoms with Gasteiger partial charge in [-0.05, 0) is 36.7 Å². The lowest BCUT2D eigenvalue weighted by atomic mass is 9.82. The van der Waals surface area contributed by atoms with E-state index < -0.39 is 5.92 Å². The van der Waals surface area contributed by atoms with Crippen molar-refractivity contribution in [3.63, 3.8) is 0 Å². The van der Waals surface area contributed by atoms with Crippen LogP contribution in [0.15, 0.2) is 30.3 Å². The summed E-state index contributed by atoms with van der Waals surface area (Å²) >= 11 is 0. The third-order valence-electron chi connectivity index (χ3n) is 5.61. The average Bonchev–Trinajstić information content (AvgIpc) is 3.05. The Morgan fingerprint density at radius 1 is 1.12 bits per heavy atom. The molecule has 2 aliphatic rings. The molecule has 1 aliphatic heterocycles. The van der Waals surface area contributed by atoms with E-state index >= 15 is 0 Å². The lowest BCUT2D eigenvalue weighted by Crippen LogP contribution is -2.33. The minimum Gasteiger partial charge on any atom is -0.469 e. The minimum absolute atomic E-state index is 0.107. The molecule has 24 heavy (non-hydrogen) atoms. The second-order valence-corrected chi connectivity index (χ2v) is 7.22. The van der Waals surface area contributed by atoms with Crippen LogP contribution in [0.5, 0.6) is 0 Å². The van der Waals surface area contributed by atoms with E-state index in [-0.39, 0.29) is 18.3 Å². The van der Waals surface area contributed by atoms with Crippen molar-refractivity contribution in [2.45, 2.75) is 38.5 Å². The lowest BCUT2D eigenvalue weighted by molar-refractivity contribution is -0.148. The van der Waals surface area contributed by atoms with Crippen LogP contribution in [-0.2, 0) is 20.7 Å². The van der Waals surface area contributed by atoms with Crippen LogP contribution in [0.2, 0.25) is 0 Å². The summed E-state index contributed by atoms with van der Waals surface area (Å²) in [5.74, 6) is 0.772. The molecule has 1 aliphatic carbocycles. The third kappa shape index (κ3) is 3.97. The van der Waals surface area contributed by atoms with E-state index in [1.165, 1.54) is 32.8 Å². The zero-order valence-corrected chi connectivity index (χ0v) is 14.4. The number of likely N-dealkylation sites (tertiary alicyclic amines) is 1. The van der Waals surface area contributed by atoms with Crippen LogP contribution in [0.3, 0.4) is 0 Å². The van der Waals surface area contributed by atoms with Gasteiger partial charge in [-0.25, -0.2) is 0 Å². The molecule has 130 valence electrons. The summed E-state index contributed by atoms with van der Waals surface area (Å²) in [7, 11) is 1.40. The highest BCUT2D eigenvalue weighted by Crippen LogP contribution is 2.36. The minimum atomic E-state index is -0.396. The van der Waals surface area contributed by atoms with Gasteiger partial charge in [-0.1, -0.05) is 43.2 Å². The monoisotopic (exact) mass is 329 g/mol.